The smallest absolute Gasteiger partial charge is 0.293 e. The molecule has 0 atom stereocenters. The highest BCUT2D eigenvalue weighted by molar-refractivity contribution is 5.95. The molecule has 2 N–H and O–H groups in total. The Labute approximate surface area is 154 Å². The number of benzene rings is 1. The van der Waals surface area contributed by atoms with Gasteiger partial charge in [-0.3, -0.25) is 19.3 Å². The van der Waals surface area contributed by atoms with E-state index < -0.39 is 4.92 Å². The van der Waals surface area contributed by atoms with Crippen LogP contribution in [0.5, 0.6) is 0 Å². The van der Waals surface area contributed by atoms with Gasteiger partial charge in [0.25, 0.3) is 11.6 Å². The summed E-state index contributed by atoms with van der Waals surface area (Å²) in [5, 5.41) is 25.4. The average molecular weight is 366 g/mol. The molecule has 138 valence electrons. The van der Waals surface area contributed by atoms with E-state index in [2.05, 4.69) is 20.8 Å². The molecule has 0 saturated heterocycles. The number of rotatable bonds is 7. The van der Waals surface area contributed by atoms with Crippen LogP contribution in [0.1, 0.15) is 29.0 Å². The van der Waals surface area contributed by atoms with Crippen LogP contribution in [-0.4, -0.2) is 38.0 Å². The van der Waals surface area contributed by atoms with Gasteiger partial charge in [-0.1, -0.05) is 6.07 Å². The highest BCUT2D eigenvalue weighted by Crippen LogP contribution is 2.31. The zero-order chi connectivity index (χ0) is 18.8. The first-order chi connectivity index (χ1) is 13.1. The fourth-order valence-corrected chi connectivity index (χ4v) is 2.84. The molecule has 4 rings (SSSR count). The van der Waals surface area contributed by atoms with Gasteiger partial charge in [0.05, 0.1) is 4.92 Å². The zero-order valence-corrected chi connectivity index (χ0v) is 14.5. The van der Waals surface area contributed by atoms with Crippen molar-refractivity contribution in [2.45, 2.75) is 25.3 Å². The number of nitrogens with one attached hydrogen (secondary N) is 2. The van der Waals surface area contributed by atoms with E-state index >= 15 is 0 Å². The number of pyridine rings is 1. The van der Waals surface area contributed by atoms with Gasteiger partial charge in [-0.2, -0.15) is 0 Å². The Morgan fingerprint density at radius 2 is 2.11 bits per heavy atom. The number of hydrogen-bond acceptors (Lipinski definition) is 6. The largest absolute Gasteiger partial charge is 0.377 e. The summed E-state index contributed by atoms with van der Waals surface area (Å²) in [6.45, 7) is 0.352. The van der Waals surface area contributed by atoms with Gasteiger partial charge in [0.2, 0.25) is 0 Å². The molecule has 27 heavy (non-hydrogen) atoms. The van der Waals surface area contributed by atoms with Crippen LogP contribution >= 0.6 is 0 Å². The second-order valence-corrected chi connectivity index (χ2v) is 6.46. The Morgan fingerprint density at radius 1 is 1.26 bits per heavy atom. The number of hydrogen-bond donors (Lipinski definition) is 2. The standard InChI is InChI=1S/C18H18N6O3/c25-18(19-9-8-17-22-21-16-3-1-2-10-23(16)17)12-4-7-14(20-13-5-6-13)15(11-12)24(26)27/h1-4,7,10-11,13,20H,5-6,8-9H2,(H,19,25). The molecule has 1 saturated carbocycles. The molecule has 0 bridgehead atoms. The van der Waals surface area contributed by atoms with Gasteiger partial charge >= 0.3 is 0 Å². The third kappa shape index (κ3) is 3.71. The molecule has 0 spiro atoms. The number of nitrogens with zero attached hydrogens (tertiary/aromatic N) is 4. The molecule has 3 aromatic rings. The first-order valence-electron chi connectivity index (χ1n) is 8.73. The molecule has 1 aliphatic carbocycles. The minimum Gasteiger partial charge on any atom is -0.377 e. The van der Waals surface area contributed by atoms with Crippen molar-refractivity contribution in [1.82, 2.24) is 19.9 Å². The number of nitro benzene ring substituents is 1. The highest BCUT2D eigenvalue weighted by atomic mass is 16.6. The molecule has 1 amide bonds. The Bertz CT molecular complexity index is 1010. The summed E-state index contributed by atoms with van der Waals surface area (Å²) in [4.78, 5) is 23.2. The molecule has 2 heterocycles. The molecule has 0 radical (unpaired) electrons. The summed E-state index contributed by atoms with van der Waals surface area (Å²) in [6, 6.07) is 10.4. The third-order valence-corrected chi connectivity index (χ3v) is 4.41. The molecular weight excluding hydrogens is 348 g/mol. The van der Waals surface area contributed by atoms with Gasteiger partial charge in [0.1, 0.15) is 11.5 Å². The summed E-state index contributed by atoms with van der Waals surface area (Å²) in [5.41, 5.74) is 1.37. The van der Waals surface area contributed by atoms with Gasteiger partial charge in [0, 0.05) is 36.8 Å². The zero-order valence-electron chi connectivity index (χ0n) is 14.5. The highest BCUT2D eigenvalue weighted by Gasteiger charge is 2.25. The number of aromatic nitrogens is 3. The van der Waals surface area contributed by atoms with Crippen LogP contribution in [0.4, 0.5) is 11.4 Å². The van der Waals surface area contributed by atoms with Crippen LogP contribution < -0.4 is 10.6 Å². The fourth-order valence-electron chi connectivity index (χ4n) is 2.84. The first-order valence-corrected chi connectivity index (χ1v) is 8.73. The predicted octanol–water partition coefficient (Wildman–Crippen LogP) is 2.18. The topological polar surface area (TPSA) is 114 Å². The molecule has 2 aromatic heterocycles. The van der Waals surface area contributed by atoms with Gasteiger partial charge in [-0.25, -0.2) is 0 Å². The van der Waals surface area contributed by atoms with Crippen molar-refractivity contribution in [3.63, 3.8) is 0 Å². The first kappa shape index (κ1) is 17.0. The minimum atomic E-state index is -0.468. The molecule has 0 aliphatic heterocycles. The van der Waals surface area contributed by atoms with Crippen molar-refractivity contribution >= 4 is 22.9 Å². The van der Waals surface area contributed by atoms with E-state index in [9.17, 15) is 14.9 Å². The quantitative estimate of drug-likeness (QED) is 0.489. The second-order valence-electron chi connectivity index (χ2n) is 6.46. The van der Waals surface area contributed by atoms with Crippen LogP contribution in [0.15, 0.2) is 42.6 Å². The van der Waals surface area contributed by atoms with Gasteiger partial charge < -0.3 is 10.6 Å². The molecule has 1 fully saturated rings. The number of nitro groups is 1. The number of anilines is 1. The van der Waals surface area contributed by atoms with Crippen molar-refractivity contribution in [2.24, 2.45) is 0 Å². The Balaban J connectivity index is 1.41. The lowest BCUT2D eigenvalue weighted by molar-refractivity contribution is -0.384. The summed E-state index contributed by atoms with van der Waals surface area (Å²) in [6.07, 6.45) is 4.38. The Kier molecular flexibility index (Phi) is 4.41. The molecule has 0 unspecified atom stereocenters. The lowest BCUT2D eigenvalue weighted by Gasteiger charge is -2.08. The maximum Gasteiger partial charge on any atom is 0.293 e. The van der Waals surface area contributed by atoms with Crippen LogP contribution in [0.25, 0.3) is 5.65 Å². The van der Waals surface area contributed by atoms with E-state index in [0.717, 1.165) is 24.3 Å². The van der Waals surface area contributed by atoms with Crippen molar-refractivity contribution in [3.8, 4) is 0 Å². The molecule has 1 aromatic carbocycles. The van der Waals surface area contributed by atoms with Gasteiger partial charge in [-0.05, 0) is 37.1 Å². The minimum absolute atomic E-state index is 0.0852. The normalized spacial score (nSPS) is 13.5. The van der Waals surface area contributed by atoms with Crippen LogP contribution in [0.3, 0.4) is 0 Å². The summed E-state index contributed by atoms with van der Waals surface area (Å²) >= 11 is 0. The third-order valence-electron chi connectivity index (χ3n) is 4.41. The van der Waals surface area contributed by atoms with Crippen molar-refractivity contribution < 1.29 is 9.72 Å². The monoisotopic (exact) mass is 366 g/mol. The second kappa shape index (κ2) is 7.02. The lowest BCUT2D eigenvalue weighted by atomic mass is 10.1. The van der Waals surface area contributed by atoms with Crippen molar-refractivity contribution in [2.75, 3.05) is 11.9 Å². The Morgan fingerprint density at radius 3 is 2.89 bits per heavy atom. The lowest BCUT2D eigenvalue weighted by Crippen LogP contribution is -2.26. The summed E-state index contributed by atoms with van der Waals surface area (Å²) in [5.74, 6) is 0.380. The van der Waals surface area contributed by atoms with E-state index in [4.69, 9.17) is 0 Å². The van der Waals surface area contributed by atoms with Gasteiger partial charge in [-0.15, -0.1) is 10.2 Å². The number of fused-ring (bicyclic) bond motifs is 1. The molecule has 1 aliphatic rings. The summed E-state index contributed by atoms with van der Waals surface area (Å²) < 4.78 is 1.86. The van der Waals surface area contributed by atoms with E-state index in [1.807, 2.05) is 28.8 Å². The number of amides is 1. The average Bonchev–Trinajstić information content (AvgIpc) is 3.40. The van der Waals surface area contributed by atoms with E-state index in [-0.39, 0.29) is 17.2 Å². The Hall–Kier alpha value is -3.49. The van der Waals surface area contributed by atoms with Crippen molar-refractivity contribution in [3.05, 3.63) is 64.1 Å². The van der Waals surface area contributed by atoms with Gasteiger partial charge in [0.15, 0.2) is 5.65 Å². The van der Waals surface area contributed by atoms with Crippen LogP contribution in [0, 0.1) is 10.1 Å². The fraction of sp³-hybridized carbons (Fsp3) is 0.278. The molecular formula is C18H18N6O3. The van der Waals surface area contributed by atoms with E-state index in [1.165, 1.54) is 6.07 Å². The maximum atomic E-state index is 12.4. The van der Waals surface area contributed by atoms with Crippen LogP contribution in [0.2, 0.25) is 0 Å². The predicted molar refractivity (Wildman–Crippen MR) is 98.8 cm³/mol. The maximum absolute atomic E-state index is 12.4. The molecule has 9 nitrogen and oxygen atoms in total. The van der Waals surface area contributed by atoms with Crippen LogP contribution in [-0.2, 0) is 6.42 Å². The SMILES string of the molecule is O=C(NCCc1nnc2ccccn12)c1ccc(NC2CC2)c([N+](=O)[O-])c1. The summed E-state index contributed by atoms with van der Waals surface area (Å²) in [7, 11) is 0. The van der Waals surface area contributed by atoms with E-state index in [0.29, 0.717) is 24.7 Å². The number of carbonyl (C=O) groups is 1. The van der Waals surface area contributed by atoms with Crippen molar-refractivity contribution in [1.29, 1.82) is 0 Å². The molecule has 9 heteroatoms. The van der Waals surface area contributed by atoms with E-state index in [1.54, 1.807) is 12.1 Å². The number of carbonyl (C=O) groups excluding carboxylic acids is 1.